The van der Waals surface area contributed by atoms with Crippen LogP contribution < -0.4 is 0 Å². The number of methoxy groups -OCH3 is 5. The van der Waals surface area contributed by atoms with Crippen molar-refractivity contribution in [2.75, 3.05) is 177 Å². The lowest BCUT2D eigenvalue weighted by Gasteiger charge is -2.21. The molecule has 21 heteroatoms. The zero-order valence-electron chi connectivity index (χ0n) is 49.0. The molecule has 75 heavy (non-hydrogen) atoms. The first kappa shape index (κ1) is 72.1. The van der Waals surface area contributed by atoms with Crippen molar-refractivity contribution in [2.45, 2.75) is 175 Å². The van der Waals surface area contributed by atoms with Crippen molar-refractivity contribution >= 4 is 0 Å². The second kappa shape index (κ2) is 41.1. The molecule has 0 aromatic carbocycles. The number of aliphatic hydroxyl groups is 7. The summed E-state index contributed by atoms with van der Waals surface area (Å²) in [6, 6.07) is 0. The Balaban J connectivity index is 0.000000438. The molecular weight excluding hydrogens is 977 g/mol. The van der Waals surface area contributed by atoms with Gasteiger partial charge in [0.1, 0.15) is 0 Å². The summed E-state index contributed by atoms with van der Waals surface area (Å²) in [4.78, 5) is 14.6. The molecule has 0 aromatic rings. The summed E-state index contributed by atoms with van der Waals surface area (Å²) in [6.45, 7) is 11.7. The summed E-state index contributed by atoms with van der Waals surface area (Å²) >= 11 is 0. The van der Waals surface area contributed by atoms with Crippen molar-refractivity contribution in [1.29, 1.82) is 0 Å². The number of rotatable bonds is 5. The quantitative estimate of drug-likeness (QED) is 0.209. The van der Waals surface area contributed by atoms with Gasteiger partial charge in [0.2, 0.25) is 0 Å². The highest BCUT2D eigenvalue weighted by Gasteiger charge is 2.32. The van der Waals surface area contributed by atoms with Crippen LogP contribution in [0.1, 0.15) is 96.3 Å². The number of halogens is 2. The molecule has 7 heterocycles. The molecule has 0 spiro atoms. The molecule has 7 aliphatic heterocycles. The van der Waals surface area contributed by atoms with E-state index in [0.29, 0.717) is 19.1 Å². The third kappa shape index (κ3) is 34.1. The van der Waals surface area contributed by atoms with Crippen LogP contribution in [0, 0.1) is 0 Å². The smallest absolute Gasteiger partial charge is 0.260 e. The largest absolute Gasteiger partial charge is 0.393 e. The third-order valence-electron chi connectivity index (χ3n) is 15.1. The number of nitrogens with zero attached hydrogens (tertiary/aromatic N) is 7. The number of hydrogen-bond donors (Lipinski definition) is 7. The average molecular weight is 1090 g/mol. The van der Waals surface area contributed by atoms with Crippen LogP contribution in [0.3, 0.4) is 0 Å². The monoisotopic (exact) mass is 1090 g/mol. The Kier molecular flexibility index (Phi) is 39.6. The average Bonchev–Trinajstić information content (AvgIpc) is 3.95. The van der Waals surface area contributed by atoms with E-state index >= 15 is 0 Å². The maximum Gasteiger partial charge on any atom is 0.260 e. The van der Waals surface area contributed by atoms with Gasteiger partial charge < -0.3 is 93.7 Å². The van der Waals surface area contributed by atoms with Gasteiger partial charge in [0.15, 0.2) is 0 Å². The van der Waals surface area contributed by atoms with Crippen LogP contribution in [0.15, 0.2) is 0 Å². The summed E-state index contributed by atoms with van der Waals surface area (Å²) in [5, 5.41) is 65.8. The molecule has 0 radical (unpaired) electrons. The molecule has 0 saturated carbocycles. The maximum atomic E-state index is 12.7. The molecule has 7 aliphatic rings. The molecule has 12 unspecified atom stereocenters. The molecule has 7 saturated heterocycles. The summed E-state index contributed by atoms with van der Waals surface area (Å²) in [5.74, 6) is -2.44. The predicted octanol–water partition coefficient (Wildman–Crippen LogP) is 1.61. The van der Waals surface area contributed by atoms with Gasteiger partial charge in [0.05, 0.1) is 79.8 Å². The van der Waals surface area contributed by atoms with Crippen molar-refractivity contribution in [1.82, 2.24) is 34.3 Å². The van der Waals surface area contributed by atoms with E-state index in [1.165, 1.54) is 0 Å². The van der Waals surface area contributed by atoms with Crippen molar-refractivity contribution < 1.29 is 68.2 Å². The minimum atomic E-state index is -2.44. The van der Waals surface area contributed by atoms with Crippen molar-refractivity contribution in [3.8, 4) is 0 Å². The fourth-order valence-electron chi connectivity index (χ4n) is 10.2. The van der Waals surface area contributed by atoms with Gasteiger partial charge in [-0.1, -0.05) is 0 Å². The van der Waals surface area contributed by atoms with E-state index in [-0.39, 0.29) is 67.9 Å². The maximum absolute atomic E-state index is 12.7. The van der Waals surface area contributed by atoms with Gasteiger partial charge in [-0.05, 0) is 159 Å². The van der Waals surface area contributed by atoms with Crippen LogP contribution in [0.25, 0.3) is 0 Å². The molecule has 7 rings (SSSR count). The highest BCUT2D eigenvalue weighted by Crippen LogP contribution is 2.25. The molecule has 0 aliphatic carbocycles. The molecule has 450 valence electrons. The fourth-order valence-corrected chi connectivity index (χ4v) is 10.2. The highest BCUT2D eigenvalue weighted by molar-refractivity contribution is 4.80. The zero-order chi connectivity index (χ0) is 56.5. The number of likely N-dealkylation sites (tertiary alicyclic amines) is 7. The van der Waals surface area contributed by atoms with E-state index in [1.807, 2.05) is 26.0 Å². The molecule has 12 atom stereocenters. The molecule has 7 N–H and O–H groups in total. The van der Waals surface area contributed by atoms with Gasteiger partial charge in [-0.15, -0.1) is 0 Å². The van der Waals surface area contributed by atoms with Crippen LogP contribution in [0.5, 0.6) is 0 Å². The first-order valence-corrected chi connectivity index (χ1v) is 28.0. The summed E-state index contributed by atoms with van der Waals surface area (Å²) < 4.78 is 51.3. The summed E-state index contributed by atoms with van der Waals surface area (Å²) in [6.07, 6.45) is 11.0. The van der Waals surface area contributed by atoms with E-state index in [1.54, 1.807) is 47.5 Å². The normalized spacial score (nSPS) is 34.5. The lowest BCUT2D eigenvalue weighted by atomic mass is 10.1. The Bertz CT molecular complexity index is 1350. The SMILES string of the molecule is CN1CCCC(O)C(O)C1.CN1CCCCC(F)(F)C1.COC1CC(O)CCN(C)C1.COC1CCC(O)CN(C)C1.COC1CCCN(C)CC1O.COC1CCN(C)CCC1O.COC1CN(C)CCCC1O. The van der Waals surface area contributed by atoms with Crippen LogP contribution in [-0.4, -0.2) is 326 Å². The van der Waals surface area contributed by atoms with E-state index in [2.05, 4.69) is 45.6 Å². The van der Waals surface area contributed by atoms with Gasteiger partial charge >= 0.3 is 0 Å². The molecule has 0 bridgehead atoms. The van der Waals surface area contributed by atoms with E-state index < -0.39 is 18.1 Å². The second-order valence-electron chi connectivity index (χ2n) is 22.4. The van der Waals surface area contributed by atoms with Crippen LogP contribution >= 0.6 is 0 Å². The number of ether oxygens (including phenoxy) is 5. The lowest BCUT2D eigenvalue weighted by Crippen LogP contribution is -2.35. The number of β-amino-alcohol motifs (C(OH)–C–C–N with tert-alkyl or cyclic N) is 3. The Morgan fingerprint density at radius 2 is 0.827 bits per heavy atom. The van der Waals surface area contributed by atoms with Gasteiger partial charge in [0, 0.05) is 107 Å². The number of aliphatic hydroxyl groups excluding tert-OH is 7. The van der Waals surface area contributed by atoms with Crippen molar-refractivity contribution in [3.05, 3.63) is 0 Å². The van der Waals surface area contributed by atoms with Crippen LogP contribution in [-0.2, 0) is 23.7 Å². The molecular formula is C54H113F2N7O12. The van der Waals surface area contributed by atoms with E-state index in [9.17, 15) is 44.5 Å². The standard InChI is InChI=1S/5C8H17NO2.C7H13F2N.C7H15NO2/c1-9-5-3-7(10)8(11-2)4-6-9;1-9-4-3-7(10)5-8(6-9)11-2;1-9-5-7(10)3-4-8(6-9)11-2;1-9-5-3-4-8(11-2)7(10)6-9;1-9-5-3-4-7(10)8(6-9)11-2;1-10-5-3-2-4-7(8,9)6-10;1-8-4-2-3-6(9)7(10)5-8/h5*7-8,10H,3-6H2,1-2H3;2-6H2,1H3;6-7,9-10H,2-5H2,1H3. The summed E-state index contributed by atoms with van der Waals surface area (Å²) in [5.41, 5.74) is 0. The Hall–Kier alpha value is -0.900. The number of alkyl halides is 2. The first-order chi connectivity index (χ1) is 35.4. The minimum absolute atomic E-state index is 0.00231. The van der Waals surface area contributed by atoms with E-state index in [0.717, 1.165) is 162 Å². The van der Waals surface area contributed by atoms with Crippen LogP contribution in [0.2, 0.25) is 0 Å². The number of hydrogen-bond acceptors (Lipinski definition) is 19. The van der Waals surface area contributed by atoms with Crippen molar-refractivity contribution in [2.24, 2.45) is 0 Å². The van der Waals surface area contributed by atoms with Gasteiger partial charge in [-0.2, -0.15) is 0 Å². The summed E-state index contributed by atoms with van der Waals surface area (Å²) in [7, 11) is 22.4. The fraction of sp³-hybridized carbons (Fsp3) is 1.00. The minimum Gasteiger partial charge on any atom is -0.393 e. The van der Waals surface area contributed by atoms with Gasteiger partial charge in [-0.25, -0.2) is 8.78 Å². The molecule has 0 amide bonds. The Morgan fingerprint density at radius 3 is 1.43 bits per heavy atom. The van der Waals surface area contributed by atoms with Crippen LogP contribution in [0.4, 0.5) is 8.78 Å². The number of likely N-dealkylation sites (N-methyl/N-ethyl adjacent to an activating group) is 5. The zero-order valence-corrected chi connectivity index (χ0v) is 49.0. The van der Waals surface area contributed by atoms with Gasteiger partial charge in [-0.3, -0.25) is 0 Å². The Labute approximate surface area is 453 Å². The first-order valence-electron chi connectivity index (χ1n) is 28.0. The molecule has 0 aromatic heterocycles. The molecule has 7 fully saturated rings. The topological polar surface area (TPSA) is 210 Å². The van der Waals surface area contributed by atoms with Crippen molar-refractivity contribution in [3.63, 3.8) is 0 Å². The predicted molar refractivity (Wildman–Crippen MR) is 293 cm³/mol. The lowest BCUT2D eigenvalue weighted by molar-refractivity contribution is -0.0246. The third-order valence-corrected chi connectivity index (χ3v) is 15.1. The second-order valence-corrected chi connectivity index (χ2v) is 22.4. The highest BCUT2D eigenvalue weighted by atomic mass is 19.3. The molecule has 19 nitrogen and oxygen atoms in total. The van der Waals surface area contributed by atoms with Gasteiger partial charge in [0.25, 0.3) is 5.92 Å². The Morgan fingerprint density at radius 1 is 0.347 bits per heavy atom. The van der Waals surface area contributed by atoms with E-state index in [4.69, 9.17) is 23.7 Å².